The second-order valence-electron chi connectivity index (χ2n) is 5.07. The number of carboxylic acid groups (broad SMARTS) is 1. The van der Waals surface area contributed by atoms with Crippen molar-refractivity contribution in [3.8, 4) is 0 Å². The van der Waals surface area contributed by atoms with Crippen LogP contribution in [0.15, 0.2) is 29.2 Å². The number of benzene rings is 1. The van der Waals surface area contributed by atoms with E-state index in [1.165, 1.54) is 16.7 Å². The summed E-state index contributed by atoms with van der Waals surface area (Å²) in [6.45, 7) is 2.46. The van der Waals surface area contributed by atoms with Gasteiger partial charge in [-0.2, -0.15) is 0 Å². The molecule has 1 saturated heterocycles. The molecule has 1 aliphatic rings. The fourth-order valence-corrected chi connectivity index (χ4v) is 3.35. The summed E-state index contributed by atoms with van der Waals surface area (Å²) in [7, 11) is 0. The predicted octanol–water partition coefficient (Wildman–Crippen LogP) is 2.12. The molecule has 22 heavy (non-hydrogen) atoms. The summed E-state index contributed by atoms with van der Waals surface area (Å²) in [5.41, 5.74) is 2.13. The molecule has 0 spiro atoms. The molecule has 1 aromatic rings. The van der Waals surface area contributed by atoms with Crippen LogP contribution in [0, 0.1) is 6.92 Å². The fourth-order valence-electron chi connectivity index (χ4n) is 2.05. The number of aryl methyl sites for hydroxylation is 1. The third-order valence-electron chi connectivity index (χ3n) is 3.26. The minimum Gasteiger partial charge on any atom is -0.550 e. The first-order valence-electron chi connectivity index (χ1n) is 6.99. The first kappa shape index (κ1) is 16.7. The van der Waals surface area contributed by atoms with Gasteiger partial charge in [-0.1, -0.05) is 53.8 Å². The topological polar surface area (TPSA) is 60.4 Å². The lowest BCUT2D eigenvalue weighted by Gasteiger charge is -2.14. The summed E-state index contributed by atoms with van der Waals surface area (Å²) >= 11 is 6.52. The molecule has 1 amide bonds. The number of thioether (sulfide) groups is 1. The van der Waals surface area contributed by atoms with E-state index in [-0.39, 0.29) is 12.3 Å². The van der Waals surface area contributed by atoms with E-state index in [9.17, 15) is 14.7 Å². The zero-order valence-electron chi connectivity index (χ0n) is 12.2. The molecule has 6 heteroatoms. The summed E-state index contributed by atoms with van der Waals surface area (Å²) in [6, 6.07) is 7.91. The van der Waals surface area contributed by atoms with Gasteiger partial charge in [0.1, 0.15) is 4.32 Å². The lowest BCUT2D eigenvalue weighted by molar-refractivity contribution is -0.305. The van der Waals surface area contributed by atoms with E-state index in [2.05, 4.69) is 0 Å². The molecule has 0 radical (unpaired) electrons. The highest BCUT2D eigenvalue weighted by molar-refractivity contribution is 8.26. The Hall–Kier alpha value is -1.66. The van der Waals surface area contributed by atoms with E-state index in [0.29, 0.717) is 28.6 Å². The Morgan fingerprint density at radius 3 is 2.64 bits per heavy atom. The lowest BCUT2D eigenvalue weighted by Crippen LogP contribution is -2.29. The quantitative estimate of drug-likeness (QED) is 0.453. The SMILES string of the molecule is Cc1ccc(/C=C2\SC(=S)N(CCCCC(=O)[O-])C2=O)cc1. The second kappa shape index (κ2) is 7.56. The van der Waals surface area contributed by atoms with Gasteiger partial charge < -0.3 is 9.90 Å². The average molecular weight is 334 g/mol. The molecule has 0 N–H and O–H groups in total. The zero-order valence-corrected chi connectivity index (χ0v) is 13.8. The number of aliphatic carboxylic acids is 1. The van der Waals surface area contributed by atoms with E-state index in [0.717, 1.165) is 11.1 Å². The Bertz CT molecular complexity index is 623. The van der Waals surface area contributed by atoms with Gasteiger partial charge in [0.15, 0.2) is 0 Å². The number of nitrogens with zero attached hydrogens (tertiary/aromatic N) is 1. The minimum absolute atomic E-state index is 0.00793. The number of thiocarbonyl (C=S) groups is 1. The normalized spacial score (nSPS) is 16.6. The van der Waals surface area contributed by atoms with E-state index in [1.807, 2.05) is 37.3 Å². The van der Waals surface area contributed by atoms with Crippen LogP contribution in [0.2, 0.25) is 0 Å². The average Bonchev–Trinajstić information content (AvgIpc) is 2.72. The Balaban J connectivity index is 1.99. The molecule has 0 bridgehead atoms. The number of carbonyl (C=O) groups excluding carboxylic acids is 2. The van der Waals surface area contributed by atoms with Crippen molar-refractivity contribution >= 4 is 46.3 Å². The van der Waals surface area contributed by atoms with Crippen molar-refractivity contribution in [2.45, 2.75) is 26.2 Å². The highest BCUT2D eigenvalue weighted by atomic mass is 32.2. The number of rotatable bonds is 6. The van der Waals surface area contributed by atoms with Crippen molar-refractivity contribution in [3.63, 3.8) is 0 Å². The molecule has 0 unspecified atom stereocenters. The number of hydrogen-bond acceptors (Lipinski definition) is 5. The van der Waals surface area contributed by atoms with Crippen molar-refractivity contribution in [1.82, 2.24) is 4.90 Å². The Kier molecular flexibility index (Phi) is 5.74. The maximum absolute atomic E-state index is 12.3. The summed E-state index contributed by atoms with van der Waals surface area (Å²) in [6.07, 6.45) is 2.92. The van der Waals surface area contributed by atoms with Gasteiger partial charge in [-0.25, -0.2) is 0 Å². The molecule has 1 aliphatic heterocycles. The number of amides is 1. The van der Waals surface area contributed by atoms with Crippen molar-refractivity contribution in [2.24, 2.45) is 0 Å². The molecule has 1 aromatic carbocycles. The summed E-state index contributed by atoms with van der Waals surface area (Å²) in [5, 5.41) is 10.4. The number of unbranched alkanes of at least 4 members (excludes halogenated alkanes) is 1. The van der Waals surface area contributed by atoms with Gasteiger partial charge in [0.2, 0.25) is 0 Å². The Labute approximate surface area is 139 Å². The molecule has 116 valence electrons. The van der Waals surface area contributed by atoms with Crippen LogP contribution in [0.5, 0.6) is 0 Å². The van der Waals surface area contributed by atoms with Gasteiger partial charge in [-0.05, 0) is 37.8 Å². The predicted molar refractivity (Wildman–Crippen MR) is 89.9 cm³/mol. The van der Waals surface area contributed by atoms with Gasteiger partial charge in [0, 0.05) is 12.5 Å². The summed E-state index contributed by atoms with van der Waals surface area (Å²) < 4.78 is 0.525. The minimum atomic E-state index is -1.07. The summed E-state index contributed by atoms with van der Waals surface area (Å²) in [5.74, 6) is -1.17. The zero-order chi connectivity index (χ0) is 16.1. The maximum atomic E-state index is 12.3. The van der Waals surface area contributed by atoms with Crippen molar-refractivity contribution in [2.75, 3.05) is 6.54 Å². The van der Waals surface area contributed by atoms with E-state index in [1.54, 1.807) is 0 Å². The van der Waals surface area contributed by atoms with E-state index >= 15 is 0 Å². The van der Waals surface area contributed by atoms with Gasteiger partial charge >= 0.3 is 0 Å². The van der Waals surface area contributed by atoms with Crippen molar-refractivity contribution < 1.29 is 14.7 Å². The fraction of sp³-hybridized carbons (Fsp3) is 0.312. The molecule has 4 nitrogen and oxygen atoms in total. The van der Waals surface area contributed by atoms with Crippen LogP contribution >= 0.6 is 24.0 Å². The molecule has 2 rings (SSSR count). The number of carbonyl (C=O) groups is 2. The summed E-state index contributed by atoms with van der Waals surface area (Å²) in [4.78, 5) is 24.9. The van der Waals surface area contributed by atoms with Crippen LogP contribution in [0.4, 0.5) is 0 Å². The molecule has 0 aromatic heterocycles. The van der Waals surface area contributed by atoms with Crippen molar-refractivity contribution in [1.29, 1.82) is 0 Å². The van der Waals surface area contributed by atoms with Crippen LogP contribution in [-0.4, -0.2) is 27.6 Å². The van der Waals surface area contributed by atoms with Gasteiger partial charge in [0.05, 0.1) is 4.91 Å². The first-order valence-corrected chi connectivity index (χ1v) is 8.22. The Morgan fingerprint density at radius 1 is 1.32 bits per heavy atom. The van der Waals surface area contributed by atoms with Crippen LogP contribution in [0.3, 0.4) is 0 Å². The Morgan fingerprint density at radius 2 is 2.00 bits per heavy atom. The lowest BCUT2D eigenvalue weighted by atomic mass is 10.1. The molecule has 0 aliphatic carbocycles. The molecule has 0 atom stereocenters. The number of carboxylic acids is 1. The van der Waals surface area contributed by atoms with Crippen LogP contribution in [0.25, 0.3) is 6.08 Å². The largest absolute Gasteiger partial charge is 0.550 e. The van der Waals surface area contributed by atoms with E-state index in [4.69, 9.17) is 12.2 Å². The highest BCUT2D eigenvalue weighted by Crippen LogP contribution is 2.32. The van der Waals surface area contributed by atoms with E-state index < -0.39 is 5.97 Å². The third-order valence-corrected chi connectivity index (χ3v) is 4.64. The smallest absolute Gasteiger partial charge is 0.266 e. The molecule has 1 fully saturated rings. The van der Waals surface area contributed by atoms with Crippen molar-refractivity contribution in [3.05, 3.63) is 40.3 Å². The molecular weight excluding hydrogens is 318 g/mol. The highest BCUT2D eigenvalue weighted by Gasteiger charge is 2.31. The number of hydrogen-bond donors (Lipinski definition) is 0. The molecular formula is C16H16NO3S2-. The first-order chi connectivity index (χ1) is 10.5. The van der Waals surface area contributed by atoms with Crippen LogP contribution in [-0.2, 0) is 9.59 Å². The maximum Gasteiger partial charge on any atom is 0.266 e. The molecule has 0 saturated carbocycles. The molecule has 1 heterocycles. The monoisotopic (exact) mass is 334 g/mol. The van der Waals surface area contributed by atoms with Gasteiger partial charge in [-0.15, -0.1) is 0 Å². The van der Waals surface area contributed by atoms with Gasteiger partial charge in [0.25, 0.3) is 5.91 Å². The third kappa shape index (κ3) is 4.42. The van der Waals surface area contributed by atoms with Gasteiger partial charge in [-0.3, -0.25) is 9.69 Å². The van der Waals surface area contributed by atoms with Crippen LogP contribution < -0.4 is 5.11 Å². The van der Waals surface area contributed by atoms with Crippen LogP contribution in [0.1, 0.15) is 30.4 Å². The second-order valence-corrected chi connectivity index (χ2v) is 6.75. The standard InChI is InChI=1S/C16H17NO3S2/c1-11-5-7-12(8-6-11)10-13-15(20)17(16(21)22-13)9-3-2-4-14(18)19/h5-8,10H,2-4,9H2,1H3,(H,18,19)/p-1/b13-10-.